The van der Waals surface area contributed by atoms with Crippen LogP contribution in [0.15, 0.2) is 24.3 Å². The zero-order valence-electron chi connectivity index (χ0n) is 11.9. The maximum Gasteiger partial charge on any atom is 0.123 e. The van der Waals surface area contributed by atoms with Crippen LogP contribution in [0.2, 0.25) is 0 Å². The number of benzene rings is 1. The Labute approximate surface area is 110 Å². The number of hydrogen-bond donors (Lipinski definition) is 1. The van der Waals surface area contributed by atoms with Gasteiger partial charge in [-0.05, 0) is 25.5 Å². The Bertz CT molecular complexity index is 339. The summed E-state index contributed by atoms with van der Waals surface area (Å²) >= 11 is 0. The molecular formula is C15H25NO2. The van der Waals surface area contributed by atoms with Crippen LogP contribution in [-0.2, 0) is 0 Å². The van der Waals surface area contributed by atoms with Crippen LogP contribution in [0.1, 0.15) is 34.1 Å². The van der Waals surface area contributed by atoms with Gasteiger partial charge in [0.25, 0.3) is 0 Å². The molecule has 0 spiro atoms. The number of ether oxygens (including phenoxy) is 2. The predicted molar refractivity (Wildman–Crippen MR) is 75.5 cm³/mol. The van der Waals surface area contributed by atoms with E-state index in [1.165, 1.54) is 0 Å². The zero-order chi connectivity index (χ0) is 13.4. The minimum atomic E-state index is 0.198. The third kappa shape index (κ3) is 5.41. The third-order valence-electron chi connectivity index (χ3n) is 2.63. The first-order valence-corrected chi connectivity index (χ1v) is 6.78. The predicted octanol–water partition coefficient (Wildman–Crippen LogP) is 3.24. The Morgan fingerprint density at radius 3 is 2.50 bits per heavy atom. The van der Waals surface area contributed by atoms with Gasteiger partial charge in [0.1, 0.15) is 17.6 Å². The quantitative estimate of drug-likeness (QED) is 0.769. The van der Waals surface area contributed by atoms with Crippen molar-refractivity contribution in [2.24, 2.45) is 0 Å². The smallest absolute Gasteiger partial charge is 0.123 e. The van der Waals surface area contributed by atoms with E-state index in [9.17, 15) is 0 Å². The van der Waals surface area contributed by atoms with E-state index in [2.05, 4.69) is 26.1 Å². The molecule has 0 fully saturated rings. The molecule has 0 aliphatic carbocycles. The van der Waals surface area contributed by atoms with Gasteiger partial charge in [-0.3, -0.25) is 0 Å². The fourth-order valence-corrected chi connectivity index (χ4v) is 1.63. The molecule has 1 aromatic carbocycles. The second kappa shape index (κ2) is 7.98. The summed E-state index contributed by atoms with van der Waals surface area (Å²) in [5.41, 5.74) is 0. The Hall–Kier alpha value is -1.22. The second-order valence-corrected chi connectivity index (χ2v) is 4.62. The van der Waals surface area contributed by atoms with Gasteiger partial charge in [0.2, 0.25) is 0 Å². The van der Waals surface area contributed by atoms with Crippen LogP contribution in [0.4, 0.5) is 0 Å². The molecule has 0 saturated heterocycles. The van der Waals surface area contributed by atoms with E-state index in [1.54, 1.807) is 0 Å². The Morgan fingerprint density at radius 1 is 1.17 bits per heavy atom. The molecule has 1 unspecified atom stereocenters. The van der Waals surface area contributed by atoms with Crippen LogP contribution in [0.25, 0.3) is 0 Å². The van der Waals surface area contributed by atoms with Gasteiger partial charge in [0, 0.05) is 18.7 Å². The van der Waals surface area contributed by atoms with Gasteiger partial charge in [0.05, 0.1) is 6.61 Å². The van der Waals surface area contributed by atoms with Crippen molar-refractivity contribution in [3.63, 3.8) is 0 Å². The van der Waals surface area contributed by atoms with Gasteiger partial charge in [-0.15, -0.1) is 0 Å². The van der Waals surface area contributed by atoms with Crippen LogP contribution in [0.5, 0.6) is 11.5 Å². The highest BCUT2D eigenvalue weighted by Gasteiger charge is 2.09. The second-order valence-electron chi connectivity index (χ2n) is 4.62. The van der Waals surface area contributed by atoms with E-state index in [0.29, 0.717) is 12.6 Å². The van der Waals surface area contributed by atoms with E-state index in [4.69, 9.17) is 9.47 Å². The topological polar surface area (TPSA) is 30.5 Å². The molecule has 3 heteroatoms. The van der Waals surface area contributed by atoms with Crippen molar-refractivity contribution in [1.29, 1.82) is 0 Å². The molecule has 0 radical (unpaired) electrons. The molecule has 0 saturated carbocycles. The third-order valence-corrected chi connectivity index (χ3v) is 2.63. The first kappa shape index (κ1) is 14.8. The number of nitrogens with one attached hydrogen (secondary N) is 1. The van der Waals surface area contributed by atoms with Crippen molar-refractivity contribution >= 4 is 0 Å². The fourth-order valence-electron chi connectivity index (χ4n) is 1.63. The highest BCUT2D eigenvalue weighted by molar-refractivity contribution is 5.33. The summed E-state index contributed by atoms with van der Waals surface area (Å²) in [5.74, 6) is 1.74. The minimum Gasteiger partial charge on any atom is -0.494 e. The van der Waals surface area contributed by atoms with E-state index < -0.39 is 0 Å². The maximum atomic E-state index is 5.96. The molecule has 102 valence electrons. The number of rotatable bonds is 8. The molecule has 0 aliphatic heterocycles. The fraction of sp³-hybridized carbons (Fsp3) is 0.600. The maximum absolute atomic E-state index is 5.96. The molecule has 0 bridgehead atoms. The molecular weight excluding hydrogens is 226 g/mol. The van der Waals surface area contributed by atoms with E-state index in [0.717, 1.165) is 24.5 Å². The first-order chi connectivity index (χ1) is 8.65. The summed E-state index contributed by atoms with van der Waals surface area (Å²) in [6, 6.07) is 8.31. The summed E-state index contributed by atoms with van der Waals surface area (Å²) in [4.78, 5) is 0. The largest absolute Gasteiger partial charge is 0.494 e. The Kier molecular flexibility index (Phi) is 6.58. The standard InChI is InChI=1S/C15H25NO2/c1-5-13(11-16-12(3)4)18-15-9-7-8-14(10-15)17-6-2/h7-10,12-13,16H,5-6,11H2,1-4H3. The van der Waals surface area contributed by atoms with Crippen molar-refractivity contribution in [3.8, 4) is 11.5 Å². The molecule has 0 amide bonds. The average Bonchev–Trinajstić information content (AvgIpc) is 2.35. The lowest BCUT2D eigenvalue weighted by molar-refractivity contribution is 0.189. The molecule has 0 aliphatic rings. The summed E-state index contributed by atoms with van der Waals surface area (Å²) in [6.07, 6.45) is 1.18. The molecule has 1 N–H and O–H groups in total. The van der Waals surface area contributed by atoms with Gasteiger partial charge in [-0.25, -0.2) is 0 Å². The van der Waals surface area contributed by atoms with Gasteiger partial charge in [-0.2, -0.15) is 0 Å². The summed E-state index contributed by atoms with van der Waals surface area (Å²) in [5, 5.41) is 3.40. The summed E-state index contributed by atoms with van der Waals surface area (Å²) < 4.78 is 11.4. The molecule has 18 heavy (non-hydrogen) atoms. The van der Waals surface area contributed by atoms with Gasteiger partial charge in [-0.1, -0.05) is 26.8 Å². The van der Waals surface area contributed by atoms with Gasteiger partial charge in [0.15, 0.2) is 0 Å². The lowest BCUT2D eigenvalue weighted by Crippen LogP contribution is -2.34. The van der Waals surface area contributed by atoms with E-state index >= 15 is 0 Å². The first-order valence-electron chi connectivity index (χ1n) is 6.78. The Morgan fingerprint density at radius 2 is 1.89 bits per heavy atom. The van der Waals surface area contributed by atoms with Crippen molar-refractivity contribution in [3.05, 3.63) is 24.3 Å². The van der Waals surface area contributed by atoms with Crippen molar-refractivity contribution < 1.29 is 9.47 Å². The van der Waals surface area contributed by atoms with Crippen LogP contribution in [0.3, 0.4) is 0 Å². The molecule has 0 heterocycles. The Balaban J connectivity index is 2.55. The monoisotopic (exact) mass is 251 g/mol. The highest BCUT2D eigenvalue weighted by Crippen LogP contribution is 2.20. The van der Waals surface area contributed by atoms with Crippen LogP contribution in [-0.4, -0.2) is 25.3 Å². The van der Waals surface area contributed by atoms with Crippen LogP contribution in [0, 0.1) is 0 Å². The average molecular weight is 251 g/mol. The summed E-state index contributed by atoms with van der Waals surface area (Å²) in [7, 11) is 0. The SMILES string of the molecule is CCOc1cccc(OC(CC)CNC(C)C)c1. The van der Waals surface area contributed by atoms with Crippen molar-refractivity contribution in [2.75, 3.05) is 13.2 Å². The molecule has 1 atom stereocenters. The molecule has 3 nitrogen and oxygen atoms in total. The summed E-state index contributed by atoms with van der Waals surface area (Å²) in [6.45, 7) is 9.95. The lowest BCUT2D eigenvalue weighted by atomic mass is 10.2. The van der Waals surface area contributed by atoms with Crippen LogP contribution < -0.4 is 14.8 Å². The van der Waals surface area contributed by atoms with E-state index in [-0.39, 0.29) is 6.10 Å². The molecule has 1 aromatic rings. The molecule has 0 aromatic heterocycles. The van der Waals surface area contributed by atoms with Gasteiger partial charge < -0.3 is 14.8 Å². The van der Waals surface area contributed by atoms with Crippen molar-refractivity contribution in [2.45, 2.75) is 46.3 Å². The minimum absolute atomic E-state index is 0.198. The van der Waals surface area contributed by atoms with E-state index in [1.807, 2.05) is 31.2 Å². The van der Waals surface area contributed by atoms with Crippen LogP contribution >= 0.6 is 0 Å². The van der Waals surface area contributed by atoms with Gasteiger partial charge >= 0.3 is 0 Å². The molecule has 1 rings (SSSR count). The number of hydrogen-bond acceptors (Lipinski definition) is 3. The highest BCUT2D eigenvalue weighted by atomic mass is 16.5. The zero-order valence-corrected chi connectivity index (χ0v) is 11.9. The normalized spacial score (nSPS) is 12.5. The lowest BCUT2D eigenvalue weighted by Gasteiger charge is -2.20. The van der Waals surface area contributed by atoms with Crippen molar-refractivity contribution in [1.82, 2.24) is 5.32 Å².